The number of halogens is 1. The Morgan fingerprint density at radius 1 is 1.35 bits per heavy atom. The molecule has 0 aliphatic carbocycles. The number of nitrogens with zero attached hydrogens (tertiary/aromatic N) is 2. The number of amides is 1. The van der Waals surface area contributed by atoms with Gasteiger partial charge in [0.2, 0.25) is 5.91 Å². The maximum absolute atomic E-state index is 14.5. The predicted molar refractivity (Wildman–Crippen MR) is 85.1 cm³/mol. The van der Waals surface area contributed by atoms with Crippen LogP contribution in [0.15, 0.2) is 0 Å². The third-order valence-electron chi connectivity index (χ3n) is 3.22. The zero-order valence-corrected chi connectivity index (χ0v) is 13.6. The standard InChI is InChI=1S/C15H19FN4O3/c1-6(21)18-10-7-9(8(16)11(22)12(10)23-5)19-14(15(2,3)4)20-13(7)17/h22H,1-5H3,(H,18,21)(H2,17,19,20). The van der Waals surface area contributed by atoms with Crippen molar-refractivity contribution < 1.29 is 19.0 Å². The summed E-state index contributed by atoms with van der Waals surface area (Å²) in [5, 5.41) is 12.6. The highest BCUT2D eigenvalue weighted by atomic mass is 19.1. The highest BCUT2D eigenvalue weighted by Crippen LogP contribution is 2.45. The molecule has 124 valence electrons. The predicted octanol–water partition coefficient (Wildman–Crippen LogP) is 2.32. The van der Waals surface area contributed by atoms with Crippen LogP contribution in [0.4, 0.5) is 15.9 Å². The van der Waals surface area contributed by atoms with Crippen LogP contribution in [-0.2, 0) is 10.2 Å². The van der Waals surface area contributed by atoms with Crippen molar-refractivity contribution in [2.75, 3.05) is 18.2 Å². The van der Waals surface area contributed by atoms with Crippen molar-refractivity contribution in [2.24, 2.45) is 0 Å². The average molecular weight is 322 g/mol. The second-order valence-corrected chi connectivity index (χ2v) is 6.16. The van der Waals surface area contributed by atoms with Crippen LogP contribution >= 0.6 is 0 Å². The second kappa shape index (κ2) is 5.53. The summed E-state index contributed by atoms with van der Waals surface area (Å²) in [6.07, 6.45) is 0. The summed E-state index contributed by atoms with van der Waals surface area (Å²) in [6, 6.07) is 0. The number of aromatic hydroxyl groups is 1. The summed E-state index contributed by atoms with van der Waals surface area (Å²) in [6.45, 7) is 6.82. The lowest BCUT2D eigenvalue weighted by Crippen LogP contribution is -2.18. The topological polar surface area (TPSA) is 110 Å². The third kappa shape index (κ3) is 2.84. The second-order valence-electron chi connectivity index (χ2n) is 6.16. The van der Waals surface area contributed by atoms with Crippen LogP contribution in [0, 0.1) is 5.82 Å². The molecule has 0 unspecified atom stereocenters. The molecule has 0 atom stereocenters. The molecule has 4 N–H and O–H groups in total. The van der Waals surface area contributed by atoms with E-state index in [1.54, 1.807) is 0 Å². The van der Waals surface area contributed by atoms with Crippen molar-refractivity contribution in [3.63, 3.8) is 0 Å². The Labute approximate surface area is 132 Å². The molecule has 0 saturated carbocycles. The number of carbonyl (C=O) groups is 1. The van der Waals surface area contributed by atoms with Gasteiger partial charge >= 0.3 is 0 Å². The molecule has 1 aromatic heterocycles. The number of fused-ring (bicyclic) bond motifs is 1. The lowest BCUT2D eigenvalue weighted by molar-refractivity contribution is -0.114. The Morgan fingerprint density at radius 3 is 2.43 bits per heavy atom. The minimum atomic E-state index is -0.981. The molecule has 7 nitrogen and oxygen atoms in total. The molecule has 8 heteroatoms. The molecule has 0 spiro atoms. The van der Waals surface area contributed by atoms with Crippen molar-refractivity contribution in [2.45, 2.75) is 33.1 Å². The van der Waals surface area contributed by atoms with Gasteiger partial charge in [-0.1, -0.05) is 20.8 Å². The van der Waals surface area contributed by atoms with E-state index >= 15 is 0 Å². The summed E-state index contributed by atoms with van der Waals surface area (Å²) in [5.41, 5.74) is 5.35. The Hall–Kier alpha value is -2.64. The number of benzene rings is 1. The Kier molecular flexibility index (Phi) is 4.02. The zero-order valence-electron chi connectivity index (χ0n) is 13.6. The number of methoxy groups -OCH3 is 1. The van der Waals surface area contributed by atoms with Crippen molar-refractivity contribution in [3.8, 4) is 11.5 Å². The first-order valence-electron chi connectivity index (χ1n) is 6.91. The smallest absolute Gasteiger partial charge is 0.221 e. The lowest BCUT2D eigenvalue weighted by atomic mass is 9.95. The summed E-state index contributed by atoms with van der Waals surface area (Å²) < 4.78 is 19.5. The van der Waals surface area contributed by atoms with Crippen LogP contribution < -0.4 is 15.8 Å². The van der Waals surface area contributed by atoms with Gasteiger partial charge in [-0.2, -0.15) is 0 Å². The minimum Gasteiger partial charge on any atom is -0.502 e. The van der Waals surface area contributed by atoms with Gasteiger partial charge in [-0.3, -0.25) is 4.79 Å². The van der Waals surface area contributed by atoms with Crippen molar-refractivity contribution >= 4 is 28.3 Å². The van der Waals surface area contributed by atoms with Gasteiger partial charge in [-0.25, -0.2) is 14.4 Å². The number of phenols is 1. The van der Waals surface area contributed by atoms with E-state index < -0.39 is 22.9 Å². The van der Waals surface area contributed by atoms with Gasteiger partial charge in [0.1, 0.15) is 22.8 Å². The number of ether oxygens (including phenoxy) is 1. The maximum Gasteiger partial charge on any atom is 0.221 e. The number of aromatic nitrogens is 2. The molecular weight excluding hydrogens is 303 g/mol. The van der Waals surface area contributed by atoms with E-state index in [1.165, 1.54) is 14.0 Å². The van der Waals surface area contributed by atoms with Crippen molar-refractivity contribution in [1.82, 2.24) is 9.97 Å². The van der Waals surface area contributed by atoms with Crippen molar-refractivity contribution in [3.05, 3.63) is 11.6 Å². The van der Waals surface area contributed by atoms with Crippen LogP contribution in [0.2, 0.25) is 0 Å². The molecule has 1 amide bonds. The lowest BCUT2D eigenvalue weighted by Gasteiger charge is -2.20. The quantitative estimate of drug-likeness (QED) is 0.782. The Balaban J connectivity index is 2.97. The molecule has 0 bridgehead atoms. The first-order chi connectivity index (χ1) is 10.6. The summed E-state index contributed by atoms with van der Waals surface area (Å²) in [5.74, 6) is -2.09. The number of hydrogen-bond acceptors (Lipinski definition) is 6. The van der Waals surface area contributed by atoms with Gasteiger partial charge in [-0.15, -0.1) is 0 Å². The number of anilines is 2. The number of hydrogen-bond donors (Lipinski definition) is 3. The Bertz CT molecular complexity index is 800. The number of nitrogen functional groups attached to an aromatic ring is 1. The van der Waals surface area contributed by atoms with Gasteiger partial charge in [0.05, 0.1) is 12.5 Å². The Morgan fingerprint density at radius 2 is 1.96 bits per heavy atom. The molecule has 0 fully saturated rings. The molecule has 23 heavy (non-hydrogen) atoms. The summed E-state index contributed by atoms with van der Waals surface area (Å²) >= 11 is 0. The highest BCUT2D eigenvalue weighted by molar-refractivity contribution is 6.08. The van der Waals surface area contributed by atoms with E-state index in [0.29, 0.717) is 5.82 Å². The van der Waals surface area contributed by atoms with Crippen LogP contribution in [-0.4, -0.2) is 28.1 Å². The largest absolute Gasteiger partial charge is 0.502 e. The van der Waals surface area contributed by atoms with Crippen LogP contribution in [0.1, 0.15) is 33.5 Å². The third-order valence-corrected chi connectivity index (χ3v) is 3.22. The maximum atomic E-state index is 14.5. The van der Waals surface area contributed by atoms with E-state index in [1.807, 2.05) is 20.8 Å². The van der Waals surface area contributed by atoms with Gasteiger partial charge in [-0.05, 0) is 0 Å². The number of nitrogens with two attached hydrogens (primary N) is 1. The highest BCUT2D eigenvalue weighted by Gasteiger charge is 2.27. The number of rotatable bonds is 2. The van der Waals surface area contributed by atoms with Crippen LogP contribution in [0.5, 0.6) is 11.5 Å². The number of nitrogens with one attached hydrogen (secondary N) is 1. The average Bonchev–Trinajstić information content (AvgIpc) is 2.42. The summed E-state index contributed by atoms with van der Waals surface area (Å²) in [4.78, 5) is 19.8. The van der Waals surface area contributed by atoms with E-state index in [-0.39, 0.29) is 28.2 Å². The molecule has 0 aliphatic rings. The van der Waals surface area contributed by atoms with Gasteiger partial charge < -0.3 is 20.9 Å². The number of carbonyl (C=O) groups excluding carboxylic acids is 1. The van der Waals surface area contributed by atoms with Crippen molar-refractivity contribution in [1.29, 1.82) is 0 Å². The molecule has 1 heterocycles. The van der Waals surface area contributed by atoms with Crippen LogP contribution in [0.3, 0.4) is 0 Å². The number of phenolic OH excluding ortho intramolecular Hbond substituents is 1. The molecular formula is C15H19FN4O3. The zero-order chi connectivity index (χ0) is 17.5. The molecule has 1 aromatic carbocycles. The normalized spacial score (nSPS) is 11.6. The van der Waals surface area contributed by atoms with Crippen LogP contribution in [0.25, 0.3) is 10.9 Å². The fourth-order valence-electron chi connectivity index (χ4n) is 2.16. The molecule has 0 aliphatic heterocycles. The molecule has 0 radical (unpaired) electrons. The molecule has 2 rings (SSSR count). The minimum absolute atomic E-state index is 0.0131. The first kappa shape index (κ1) is 16.7. The first-order valence-corrected chi connectivity index (χ1v) is 6.91. The van der Waals surface area contributed by atoms with E-state index in [0.717, 1.165) is 0 Å². The van der Waals surface area contributed by atoms with Gasteiger partial charge in [0.15, 0.2) is 17.3 Å². The SMILES string of the molecule is COc1c(O)c(F)c2nc(C(C)(C)C)nc(N)c2c1NC(C)=O. The van der Waals surface area contributed by atoms with E-state index in [2.05, 4.69) is 15.3 Å². The fourth-order valence-corrected chi connectivity index (χ4v) is 2.16. The van der Waals surface area contributed by atoms with E-state index in [9.17, 15) is 14.3 Å². The van der Waals surface area contributed by atoms with Gasteiger partial charge in [0.25, 0.3) is 0 Å². The molecule has 0 saturated heterocycles. The summed E-state index contributed by atoms with van der Waals surface area (Å²) in [7, 11) is 1.24. The van der Waals surface area contributed by atoms with Gasteiger partial charge in [0, 0.05) is 12.3 Å². The molecule has 2 aromatic rings. The van der Waals surface area contributed by atoms with E-state index in [4.69, 9.17) is 10.5 Å². The monoisotopic (exact) mass is 322 g/mol. The fraction of sp³-hybridized carbons (Fsp3) is 0.400.